The second-order valence-corrected chi connectivity index (χ2v) is 7.80. The van der Waals surface area contributed by atoms with Gasteiger partial charge < -0.3 is 25.1 Å². The molecule has 2 rings (SSSR count). The number of carbonyl (C=O) groups excluding carboxylic acids is 3. The van der Waals surface area contributed by atoms with Crippen LogP contribution in [0.15, 0.2) is 45.8 Å². The molecule has 1 aromatic rings. The lowest BCUT2D eigenvalue weighted by atomic mass is 10.1. The SMILES string of the molecule is C=N/C(CNc1cccc2c1CN(C(C=O)CCC(=O)NC)C2=O)=C(/C)C(OC)=C(C)C. The van der Waals surface area contributed by atoms with Gasteiger partial charge in [0.15, 0.2) is 0 Å². The van der Waals surface area contributed by atoms with E-state index in [9.17, 15) is 14.4 Å². The van der Waals surface area contributed by atoms with Crippen molar-refractivity contribution in [2.75, 3.05) is 26.0 Å². The Morgan fingerprint density at radius 2 is 2.06 bits per heavy atom. The number of allylic oxidation sites excluding steroid dienone is 2. The van der Waals surface area contributed by atoms with Crippen LogP contribution in [0.3, 0.4) is 0 Å². The molecule has 8 nitrogen and oxygen atoms in total. The topological polar surface area (TPSA) is 100 Å². The van der Waals surface area contributed by atoms with Crippen LogP contribution >= 0.6 is 0 Å². The summed E-state index contributed by atoms with van der Waals surface area (Å²) in [5, 5.41) is 5.89. The Bertz CT molecular complexity index is 961. The van der Waals surface area contributed by atoms with E-state index in [4.69, 9.17) is 4.74 Å². The van der Waals surface area contributed by atoms with E-state index < -0.39 is 6.04 Å². The van der Waals surface area contributed by atoms with Gasteiger partial charge in [0.25, 0.3) is 5.91 Å². The van der Waals surface area contributed by atoms with Gasteiger partial charge in [0, 0.05) is 42.4 Å². The molecule has 32 heavy (non-hydrogen) atoms. The molecule has 0 radical (unpaired) electrons. The maximum atomic E-state index is 12.9. The fourth-order valence-electron chi connectivity index (χ4n) is 3.84. The molecule has 0 saturated heterocycles. The standard InChI is InChI=1S/C24H32N4O4/c1-15(2)23(32-6)16(3)21(25-4)12-27-20-9-7-8-18-19(20)13-28(24(18)31)17(14-29)10-11-22(30)26-5/h7-9,14,17,27H,4,10-13H2,1-3,5-6H3,(H,26,30)/b21-16-. The van der Waals surface area contributed by atoms with Crippen molar-refractivity contribution in [3.8, 4) is 0 Å². The molecule has 1 unspecified atom stereocenters. The number of benzene rings is 1. The van der Waals surface area contributed by atoms with Crippen LogP contribution in [0.25, 0.3) is 0 Å². The minimum absolute atomic E-state index is 0.165. The fraction of sp³-hybridized carbons (Fsp3) is 0.417. The van der Waals surface area contributed by atoms with E-state index in [1.807, 2.05) is 26.8 Å². The largest absolute Gasteiger partial charge is 0.496 e. The van der Waals surface area contributed by atoms with Gasteiger partial charge in [-0.1, -0.05) is 6.07 Å². The van der Waals surface area contributed by atoms with Gasteiger partial charge in [0.2, 0.25) is 5.91 Å². The number of rotatable bonds is 11. The van der Waals surface area contributed by atoms with Crippen LogP contribution in [0, 0.1) is 0 Å². The van der Waals surface area contributed by atoms with E-state index in [1.54, 1.807) is 26.3 Å². The molecule has 0 fully saturated rings. The summed E-state index contributed by atoms with van der Waals surface area (Å²) in [6.07, 6.45) is 1.19. The van der Waals surface area contributed by atoms with E-state index >= 15 is 0 Å². The molecular weight excluding hydrogens is 408 g/mol. The first-order chi connectivity index (χ1) is 15.3. The molecule has 2 N–H and O–H groups in total. The highest BCUT2D eigenvalue weighted by Crippen LogP contribution is 2.31. The minimum atomic E-state index is -0.658. The monoisotopic (exact) mass is 440 g/mol. The van der Waals surface area contributed by atoms with Crippen LogP contribution in [0.1, 0.15) is 49.5 Å². The van der Waals surface area contributed by atoms with Gasteiger partial charge in [-0.3, -0.25) is 14.6 Å². The number of carbonyl (C=O) groups is 3. The van der Waals surface area contributed by atoms with Crippen LogP contribution in [0.2, 0.25) is 0 Å². The van der Waals surface area contributed by atoms with E-state index in [-0.39, 0.29) is 24.7 Å². The molecule has 0 bridgehead atoms. The number of anilines is 1. The highest BCUT2D eigenvalue weighted by molar-refractivity contribution is 6.01. The number of hydrogen-bond donors (Lipinski definition) is 2. The summed E-state index contributed by atoms with van der Waals surface area (Å²) in [5.41, 5.74) is 4.81. The lowest BCUT2D eigenvalue weighted by molar-refractivity contribution is -0.121. The number of nitrogens with one attached hydrogen (secondary N) is 2. The zero-order valence-corrected chi connectivity index (χ0v) is 19.4. The van der Waals surface area contributed by atoms with Crippen molar-refractivity contribution >= 4 is 30.5 Å². The van der Waals surface area contributed by atoms with Crippen LogP contribution in [-0.2, 0) is 20.9 Å². The molecule has 2 amide bonds. The number of nitrogens with zero attached hydrogens (tertiary/aromatic N) is 2. The molecular formula is C24H32N4O4. The average Bonchev–Trinajstić information content (AvgIpc) is 3.12. The Morgan fingerprint density at radius 1 is 1.34 bits per heavy atom. The predicted molar refractivity (Wildman–Crippen MR) is 126 cm³/mol. The molecule has 1 aliphatic heterocycles. The summed E-state index contributed by atoms with van der Waals surface area (Å²) < 4.78 is 5.49. The number of amides is 2. The third kappa shape index (κ3) is 5.43. The highest BCUT2D eigenvalue weighted by atomic mass is 16.5. The molecule has 0 saturated carbocycles. The second-order valence-electron chi connectivity index (χ2n) is 7.80. The number of ether oxygens (including phenoxy) is 1. The van der Waals surface area contributed by atoms with E-state index in [1.165, 1.54) is 4.90 Å². The van der Waals surface area contributed by atoms with Crippen molar-refractivity contribution < 1.29 is 19.1 Å². The first-order valence-corrected chi connectivity index (χ1v) is 10.5. The molecule has 1 aliphatic rings. The summed E-state index contributed by atoms with van der Waals surface area (Å²) in [6.45, 7) is 10.2. The predicted octanol–water partition coefficient (Wildman–Crippen LogP) is 3.06. The van der Waals surface area contributed by atoms with Crippen molar-refractivity contribution in [2.24, 2.45) is 4.99 Å². The maximum Gasteiger partial charge on any atom is 0.255 e. The Hall–Kier alpha value is -3.42. The molecule has 0 aliphatic carbocycles. The summed E-state index contributed by atoms with van der Waals surface area (Å²) in [5.74, 6) is 0.387. The lowest BCUT2D eigenvalue weighted by Crippen LogP contribution is -2.37. The minimum Gasteiger partial charge on any atom is -0.496 e. The van der Waals surface area contributed by atoms with Crippen LogP contribution < -0.4 is 10.6 Å². The fourth-order valence-corrected chi connectivity index (χ4v) is 3.84. The summed E-state index contributed by atoms with van der Waals surface area (Å²) in [6, 6.07) is 4.79. The number of hydrogen-bond acceptors (Lipinski definition) is 6. The van der Waals surface area contributed by atoms with E-state index in [0.29, 0.717) is 18.7 Å². The van der Waals surface area contributed by atoms with E-state index in [0.717, 1.165) is 40.1 Å². The Balaban J connectivity index is 2.24. The van der Waals surface area contributed by atoms with Crippen molar-refractivity contribution in [3.63, 3.8) is 0 Å². The second kappa shape index (κ2) is 11.3. The first kappa shape index (κ1) is 24.8. The highest BCUT2D eigenvalue weighted by Gasteiger charge is 2.34. The van der Waals surface area contributed by atoms with Gasteiger partial charge >= 0.3 is 0 Å². The van der Waals surface area contributed by atoms with Gasteiger partial charge in [0.05, 0.1) is 25.4 Å². The number of methoxy groups -OCH3 is 1. The number of fused-ring (bicyclic) bond motifs is 1. The van der Waals surface area contributed by atoms with Gasteiger partial charge in [0.1, 0.15) is 12.0 Å². The van der Waals surface area contributed by atoms with Crippen molar-refractivity contribution in [1.82, 2.24) is 10.2 Å². The summed E-state index contributed by atoms with van der Waals surface area (Å²) >= 11 is 0. The summed E-state index contributed by atoms with van der Waals surface area (Å²) in [7, 11) is 3.17. The molecule has 172 valence electrons. The van der Waals surface area contributed by atoms with Crippen LogP contribution in [-0.4, -0.2) is 56.5 Å². The van der Waals surface area contributed by atoms with Gasteiger partial charge in [-0.2, -0.15) is 0 Å². The summed E-state index contributed by atoms with van der Waals surface area (Å²) in [4.78, 5) is 41.9. The van der Waals surface area contributed by atoms with Crippen molar-refractivity contribution in [2.45, 2.75) is 46.2 Å². The number of aliphatic imine (C=N–C) groups is 1. The smallest absolute Gasteiger partial charge is 0.255 e. The lowest BCUT2D eigenvalue weighted by Gasteiger charge is -2.23. The van der Waals surface area contributed by atoms with Gasteiger partial charge in [-0.25, -0.2) is 0 Å². The molecule has 0 spiro atoms. The van der Waals surface area contributed by atoms with Crippen LogP contribution in [0.4, 0.5) is 5.69 Å². The third-order valence-electron chi connectivity index (χ3n) is 5.57. The van der Waals surface area contributed by atoms with Crippen molar-refractivity contribution in [3.05, 3.63) is 51.9 Å². The van der Waals surface area contributed by atoms with Crippen LogP contribution in [0.5, 0.6) is 0 Å². The van der Waals surface area contributed by atoms with Gasteiger partial charge in [-0.05, 0) is 51.6 Å². The third-order valence-corrected chi connectivity index (χ3v) is 5.57. The first-order valence-electron chi connectivity index (χ1n) is 10.5. The Morgan fingerprint density at radius 3 is 2.62 bits per heavy atom. The zero-order valence-electron chi connectivity index (χ0n) is 19.4. The normalized spacial score (nSPS) is 14.2. The molecule has 1 heterocycles. The van der Waals surface area contributed by atoms with Crippen molar-refractivity contribution in [1.29, 1.82) is 0 Å². The quantitative estimate of drug-likeness (QED) is 0.238. The molecule has 8 heteroatoms. The molecule has 1 atom stereocenters. The number of aldehydes is 1. The van der Waals surface area contributed by atoms with Gasteiger partial charge in [-0.15, -0.1) is 0 Å². The average molecular weight is 441 g/mol. The molecule has 0 aromatic heterocycles. The Kier molecular flexibility index (Phi) is 8.75. The Labute approximate surface area is 189 Å². The maximum absolute atomic E-state index is 12.9. The molecule has 1 aromatic carbocycles. The van der Waals surface area contributed by atoms with E-state index in [2.05, 4.69) is 22.3 Å². The zero-order chi connectivity index (χ0) is 23.8.